The van der Waals surface area contributed by atoms with Crippen LogP contribution in [0.5, 0.6) is 0 Å². The van der Waals surface area contributed by atoms with Crippen molar-refractivity contribution in [2.45, 2.75) is 52.0 Å². The van der Waals surface area contributed by atoms with Crippen molar-refractivity contribution in [3.8, 4) is 0 Å². The Balaban J connectivity index is 2.30. The SMILES string of the molecule is CCCCC(CN)N1CCC(CC)C1. The van der Waals surface area contributed by atoms with Gasteiger partial charge in [0.25, 0.3) is 0 Å². The van der Waals surface area contributed by atoms with Gasteiger partial charge in [0.2, 0.25) is 0 Å². The van der Waals surface area contributed by atoms with E-state index in [0.29, 0.717) is 6.04 Å². The van der Waals surface area contributed by atoms with Crippen LogP contribution in [-0.4, -0.2) is 30.6 Å². The van der Waals surface area contributed by atoms with Crippen LogP contribution in [0.1, 0.15) is 46.0 Å². The van der Waals surface area contributed by atoms with Crippen LogP contribution in [-0.2, 0) is 0 Å². The molecule has 0 radical (unpaired) electrons. The first-order valence-electron chi connectivity index (χ1n) is 6.25. The monoisotopic (exact) mass is 198 g/mol. The van der Waals surface area contributed by atoms with Crippen LogP contribution in [0.4, 0.5) is 0 Å². The Bertz CT molecular complexity index is 147. The van der Waals surface area contributed by atoms with E-state index >= 15 is 0 Å². The largest absolute Gasteiger partial charge is 0.329 e. The number of unbranched alkanes of at least 4 members (excludes halogenated alkanes) is 1. The van der Waals surface area contributed by atoms with Crippen molar-refractivity contribution in [3.63, 3.8) is 0 Å². The number of likely N-dealkylation sites (tertiary alicyclic amines) is 1. The lowest BCUT2D eigenvalue weighted by molar-refractivity contribution is 0.223. The van der Waals surface area contributed by atoms with Crippen molar-refractivity contribution in [2.75, 3.05) is 19.6 Å². The average molecular weight is 198 g/mol. The zero-order valence-electron chi connectivity index (χ0n) is 9.84. The molecule has 2 nitrogen and oxygen atoms in total. The molecule has 1 aliphatic heterocycles. The van der Waals surface area contributed by atoms with Crippen LogP contribution in [0, 0.1) is 5.92 Å². The van der Waals surface area contributed by atoms with Crippen molar-refractivity contribution in [1.29, 1.82) is 0 Å². The molecular weight excluding hydrogens is 172 g/mol. The van der Waals surface area contributed by atoms with E-state index in [1.807, 2.05) is 0 Å². The maximum absolute atomic E-state index is 5.84. The Hall–Kier alpha value is -0.0800. The summed E-state index contributed by atoms with van der Waals surface area (Å²) in [5.41, 5.74) is 5.84. The van der Waals surface area contributed by atoms with Gasteiger partial charge < -0.3 is 5.73 Å². The van der Waals surface area contributed by atoms with E-state index in [0.717, 1.165) is 12.5 Å². The average Bonchev–Trinajstić information content (AvgIpc) is 2.68. The van der Waals surface area contributed by atoms with E-state index in [1.165, 1.54) is 45.2 Å². The topological polar surface area (TPSA) is 29.3 Å². The van der Waals surface area contributed by atoms with Gasteiger partial charge in [-0.1, -0.05) is 33.1 Å². The molecule has 14 heavy (non-hydrogen) atoms. The third kappa shape index (κ3) is 3.25. The predicted octanol–water partition coefficient (Wildman–Crippen LogP) is 2.24. The zero-order valence-corrected chi connectivity index (χ0v) is 9.84. The Kier molecular flexibility index (Phi) is 5.49. The fourth-order valence-electron chi connectivity index (χ4n) is 2.42. The van der Waals surface area contributed by atoms with Gasteiger partial charge in [-0.3, -0.25) is 4.90 Å². The van der Waals surface area contributed by atoms with E-state index in [4.69, 9.17) is 5.73 Å². The molecule has 2 atom stereocenters. The fraction of sp³-hybridized carbons (Fsp3) is 1.00. The lowest BCUT2D eigenvalue weighted by atomic mass is 10.1. The van der Waals surface area contributed by atoms with Crippen molar-refractivity contribution in [3.05, 3.63) is 0 Å². The van der Waals surface area contributed by atoms with Gasteiger partial charge in [0.05, 0.1) is 0 Å². The molecule has 1 aliphatic rings. The molecule has 2 heteroatoms. The number of nitrogens with zero attached hydrogens (tertiary/aromatic N) is 1. The second kappa shape index (κ2) is 6.41. The van der Waals surface area contributed by atoms with Crippen LogP contribution in [0.3, 0.4) is 0 Å². The Morgan fingerprint density at radius 3 is 2.71 bits per heavy atom. The second-order valence-electron chi connectivity index (χ2n) is 4.59. The summed E-state index contributed by atoms with van der Waals surface area (Å²) in [5.74, 6) is 0.936. The number of nitrogens with two attached hydrogens (primary N) is 1. The lowest BCUT2D eigenvalue weighted by Gasteiger charge is -2.26. The van der Waals surface area contributed by atoms with E-state index in [2.05, 4.69) is 18.7 Å². The maximum atomic E-state index is 5.84. The van der Waals surface area contributed by atoms with Crippen molar-refractivity contribution >= 4 is 0 Å². The molecule has 2 unspecified atom stereocenters. The molecule has 0 aliphatic carbocycles. The summed E-state index contributed by atoms with van der Waals surface area (Å²) in [6.45, 7) is 7.98. The minimum Gasteiger partial charge on any atom is -0.329 e. The quantitative estimate of drug-likeness (QED) is 0.709. The normalized spacial score (nSPS) is 25.5. The molecule has 0 amide bonds. The molecule has 0 spiro atoms. The minimum absolute atomic E-state index is 0.659. The first-order valence-corrected chi connectivity index (χ1v) is 6.25. The van der Waals surface area contributed by atoms with Crippen LogP contribution in [0.2, 0.25) is 0 Å². The molecule has 0 aromatic heterocycles. The van der Waals surface area contributed by atoms with Gasteiger partial charge in [0.15, 0.2) is 0 Å². The van der Waals surface area contributed by atoms with E-state index in [-0.39, 0.29) is 0 Å². The van der Waals surface area contributed by atoms with Gasteiger partial charge in [-0.25, -0.2) is 0 Å². The summed E-state index contributed by atoms with van der Waals surface area (Å²) in [7, 11) is 0. The Morgan fingerprint density at radius 1 is 1.43 bits per heavy atom. The fourth-order valence-corrected chi connectivity index (χ4v) is 2.42. The third-order valence-corrected chi connectivity index (χ3v) is 3.57. The highest BCUT2D eigenvalue weighted by molar-refractivity contribution is 4.81. The van der Waals surface area contributed by atoms with Gasteiger partial charge >= 0.3 is 0 Å². The van der Waals surface area contributed by atoms with Crippen LogP contribution in [0.25, 0.3) is 0 Å². The summed E-state index contributed by atoms with van der Waals surface area (Å²) in [6, 6.07) is 0.659. The summed E-state index contributed by atoms with van der Waals surface area (Å²) < 4.78 is 0. The molecule has 2 N–H and O–H groups in total. The lowest BCUT2D eigenvalue weighted by Crippen LogP contribution is -2.39. The smallest absolute Gasteiger partial charge is 0.0218 e. The molecule has 1 heterocycles. The summed E-state index contributed by atoms with van der Waals surface area (Å²) >= 11 is 0. The Labute approximate surface area is 88.8 Å². The van der Waals surface area contributed by atoms with E-state index in [9.17, 15) is 0 Å². The van der Waals surface area contributed by atoms with E-state index in [1.54, 1.807) is 0 Å². The highest BCUT2D eigenvalue weighted by Crippen LogP contribution is 2.22. The summed E-state index contributed by atoms with van der Waals surface area (Å²) in [4.78, 5) is 2.61. The molecule has 84 valence electrons. The number of hydrogen-bond acceptors (Lipinski definition) is 2. The molecular formula is C12H26N2. The molecule has 0 aromatic carbocycles. The molecule has 0 aromatic rings. The predicted molar refractivity (Wildman–Crippen MR) is 62.3 cm³/mol. The first-order chi connectivity index (χ1) is 6.81. The number of hydrogen-bond donors (Lipinski definition) is 1. The van der Waals surface area contributed by atoms with Gasteiger partial charge in [0.1, 0.15) is 0 Å². The van der Waals surface area contributed by atoms with Gasteiger partial charge in [0, 0.05) is 19.1 Å². The molecule has 1 rings (SSSR count). The van der Waals surface area contributed by atoms with Gasteiger partial charge in [-0.2, -0.15) is 0 Å². The second-order valence-corrected chi connectivity index (χ2v) is 4.59. The first kappa shape index (κ1) is 12.0. The minimum atomic E-state index is 0.659. The molecule has 1 fully saturated rings. The van der Waals surface area contributed by atoms with E-state index < -0.39 is 0 Å². The highest BCUT2D eigenvalue weighted by Gasteiger charge is 2.25. The van der Waals surface area contributed by atoms with Crippen molar-refractivity contribution in [2.24, 2.45) is 11.7 Å². The Morgan fingerprint density at radius 2 is 2.21 bits per heavy atom. The van der Waals surface area contributed by atoms with Crippen LogP contribution < -0.4 is 5.73 Å². The van der Waals surface area contributed by atoms with Crippen LogP contribution in [0.15, 0.2) is 0 Å². The zero-order chi connectivity index (χ0) is 10.4. The summed E-state index contributed by atoms with van der Waals surface area (Å²) in [5, 5.41) is 0. The van der Waals surface area contributed by atoms with Crippen molar-refractivity contribution < 1.29 is 0 Å². The maximum Gasteiger partial charge on any atom is 0.0218 e. The third-order valence-electron chi connectivity index (χ3n) is 3.57. The molecule has 1 saturated heterocycles. The van der Waals surface area contributed by atoms with Gasteiger partial charge in [-0.05, 0) is 25.3 Å². The number of rotatable bonds is 6. The van der Waals surface area contributed by atoms with Crippen molar-refractivity contribution in [1.82, 2.24) is 4.90 Å². The molecule has 0 bridgehead atoms. The van der Waals surface area contributed by atoms with Crippen LogP contribution >= 0.6 is 0 Å². The molecule has 0 saturated carbocycles. The standard InChI is InChI=1S/C12H26N2/c1-3-5-6-12(9-13)14-8-7-11(4-2)10-14/h11-12H,3-10,13H2,1-2H3. The van der Waals surface area contributed by atoms with Gasteiger partial charge in [-0.15, -0.1) is 0 Å². The summed E-state index contributed by atoms with van der Waals surface area (Å²) in [6.07, 6.45) is 6.64. The highest BCUT2D eigenvalue weighted by atomic mass is 15.2.